The van der Waals surface area contributed by atoms with Crippen molar-refractivity contribution in [2.75, 3.05) is 0 Å². The lowest BCUT2D eigenvalue weighted by Gasteiger charge is -2.12. The van der Waals surface area contributed by atoms with E-state index in [2.05, 4.69) is 24.5 Å². The van der Waals surface area contributed by atoms with Gasteiger partial charge in [0.05, 0.1) is 0 Å². The van der Waals surface area contributed by atoms with E-state index in [1.54, 1.807) is 0 Å². The zero-order valence-electron chi connectivity index (χ0n) is 11.1. The van der Waals surface area contributed by atoms with Crippen LogP contribution in [0.3, 0.4) is 0 Å². The molecule has 122 valence electrons. The van der Waals surface area contributed by atoms with Gasteiger partial charge in [-0.3, -0.25) is 0 Å². The lowest BCUT2D eigenvalue weighted by atomic mass is 10.1. The number of rotatable bonds is 5. The third kappa shape index (κ3) is 4.90. The summed E-state index contributed by atoms with van der Waals surface area (Å²) >= 11 is 0. The van der Waals surface area contributed by atoms with Crippen LogP contribution in [0.4, 0.5) is 30.7 Å². The highest BCUT2D eigenvalue weighted by atomic mass is 19.4. The van der Waals surface area contributed by atoms with Gasteiger partial charge in [0.15, 0.2) is 11.7 Å². The minimum Gasteiger partial charge on any atom is -0.417 e. The summed E-state index contributed by atoms with van der Waals surface area (Å²) in [5, 5.41) is 0. The fourth-order valence-electron chi connectivity index (χ4n) is 1.01. The zero-order valence-corrected chi connectivity index (χ0v) is 11.1. The highest BCUT2D eigenvalue weighted by molar-refractivity contribution is 5.88. The Kier molecular flexibility index (Phi) is 6.35. The molecule has 0 spiro atoms. The molecule has 0 aliphatic carbocycles. The van der Waals surface area contributed by atoms with Crippen LogP contribution in [0.15, 0.2) is 59.9 Å². The molecule has 0 amide bonds. The van der Waals surface area contributed by atoms with Crippen LogP contribution < -0.4 is 0 Å². The molecule has 0 bridgehead atoms. The van der Waals surface area contributed by atoms with Crippen LogP contribution in [-0.4, -0.2) is 12.1 Å². The molecule has 0 aliphatic heterocycles. The summed E-state index contributed by atoms with van der Waals surface area (Å²) < 4.78 is 94.0. The maximum absolute atomic E-state index is 13.6. The average molecular weight is 330 g/mol. The van der Waals surface area contributed by atoms with Crippen LogP contribution in [0.5, 0.6) is 0 Å². The minimum absolute atomic E-state index is 0.387. The molecule has 0 rings (SSSR count). The molecule has 0 aliphatic rings. The number of hydrogen-bond acceptors (Lipinski definition) is 2. The van der Waals surface area contributed by atoms with Gasteiger partial charge in [-0.25, -0.2) is 18.0 Å². The minimum atomic E-state index is -5.66. The summed E-state index contributed by atoms with van der Waals surface area (Å²) in [7, 11) is 0. The first-order valence-corrected chi connectivity index (χ1v) is 5.25. The molecule has 0 aromatic rings. The molecule has 0 heterocycles. The molecule has 0 saturated carbocycles. The summed E-state index contributed by atoms with van der Waals surface area (Å²) in [6.07, 6.45) is -5.66. The Balaban J connectivity index is 6.24. The van der Waals surface area contributed by atoms with E-state index in [1.165, 1.54) is 0 Å². The Labute approximate surface area is 120 Å². The molecule has 0 unspecified atom stereocenters. The molecule has 0 N–H and O–H groups in total. The molecule has 0 fully saturated rings. The van der Waals surface area contributed by atoms with Gasteiger partial charge in [0.2, 0.25) is 11.6 Å². The van der Waals surface area contributed by atoms with Crippen LogP contribution in [0.1, 0.15) is 6.92 Å². The maximum Gasteiger partial charge on any atom is 0.422 e. The Morgan fingerprint density at radius 3 is 1.64 bits per heavy atom. The van der Waals surface area contributed by atoms with Crippen molar-refractivity contribution in [1.82, 2.24) is 0 Å². The average Bonchev–Trinajstić information content (AvgIpc) is 2.31. The molecular weight excluding hydrogens is 321 g/mol. The van der Waals surface area contributed by atoms with Gasteiger partial charge in [0.25, 0.3) is 0 Å². The zero-order chi connectivity index (χ0) is 17.8. The third-order valence-corrected chi connectivity index (χ3v) is 1.96. The van der Waals surface area contributed by atoms with E-state index in [0.717, 1.165) is 6.92 Å². The Morgan fingerprint density at radius 1 is 0.909 bits per heavy atom. The van der Waals surface area contributed by atoms with E-state index in [4.69, 9.17) is 0 Å². The normalized spacial score (nSPS) is 13.8. The van der Waals surface area contributed by atoms with E-state index in [0.29, 0.717) is 0 Å². The number of carbonyl (C=O) groups is 1. The molecule has 2 nitrogen and oxygen atoms in total. The van der Waals surface area contributed by atoms with Crippen molar-refractivity contribution in [2.24, 2.45) is 0 Å². The third-order valence-electron chi connectivity index (χ3n) is 1.96. The molecule has 0 aromatic carbocycles. The molecule has 0 aromatic heterocycles. The van der Waals surface area contributed by atoms with Crippen LogP contribution in [0.25, 0.3) is 0 Å². The highest BCUT2D eigenvalue weighted by Crippen LogP contribution is 2.38. The number of halogens is 7. The van der Waals surface area contributed by atoms with Crippen molar-refractivity contribution in [1.29, 1.82) is 0 Å². The van der Waals surface area contributed by atoms with Crippen molar-refractivity contribution < 1.29 is 40.3 Å². The number of carbonyl (C=O) groups excluding carboxylic acids is 1. The second kappa shape index (κ2) is 7.10. The smallest absolute Gasteiger partial charge is 0.417 e. The highest BCUT2D eigenvalue weighted by Gasteiger charge is 2.41. The van der Waals surface area contributed by atoms with Crippen LogP contribution in [0, 0.1) is 0 Å². The second-order valence-electron chi connectivity index (χ2n) is 3.81. The van der Waals surface area contributed by atoms with Gasteiger partial charge in [-0.15, -0.1) is 0 Å². The number of allylic oxidation sites excluding steroid dienone is 5. The monoisotopic (exact) mass is 330 g/mol. The molecule has 0 atom stereocenters. The summed E-state index contributed by atoms with van der Waals surface area (Å²) in [5.74, 6) is -13.0. The van der Waals surface area contributed by atoms with Gasteiger partial charge >= 0.3 is 12.1 Å². The molecule has 9 heteroatoms. The molecular formula is C13H9F7O2. The van der Waals surface area contributed by atoms with Gasteiger partial charge in [-0.1, -0.05) is 19.7 Å². The van der Waals surface area contributed by atoms with Crippen molar-refractivity contribution in [3.8, 4) is 0 Å². The fourth-order valence-corrected chi connectivity index (χ4v) is 1.01. The van der Waals surface area contributed by atoms with Crippen molar-refractivity contribution in [2.45, 2.75) is 13.1 Å². The van der Waals surface area contributed by atoms with Crippen LogP contribution >= 0.6 is 0 Å². The first kappa shape index (κ1) is 19.7. The van der Waals surface area contributed by atoms with Gasteiger partial charge in [-0.05, 0) is 6.92 Å². The lowest BCUT2D eigenvalue weighted by molar-refractivity contribution is -0.135. The van der Waals surface area contributed by atoms with Crippen molar-refractivity contribution >= 4 is 5.97 Å². The Bertz CT molecular complexity index is 594. The lowest BCUT2D eigenvalue weighted by Crippen LogP contribution is -2.15. The predicted molar refractivity (Wildman–Crippen MR) is 63.7 cm³/mol. The summed E-state index contributed by atoms with van der Waals surface area (Å²) in [6.45, 7) is 8.78. The topological polar surface area (TPSA) is 26.3 Å². The first-order chi connectivity index (χ1) is 9.80. The second-order valence-corrected chi connectivity index (χ2v) is 3.81. The fraction of sp³-hybridized carbons (Fsp3) is 0.154. The summed E-state index contributed by atoms with van der Waals surface area (Å²) in [6, 6.07) is 0. The van der Waals surface area contributed by atoms with Gasteiger partial charge < -0.3 is 4.74 Å². The van der Waals surface area contributed by atoms with Gasteiger partial charge in [-0.2, -0.15) is 17.6 Å². The largest absolute Gasteiger partial charge is 0.422 e. The standard InChI is InChI=1S/C13H9F7O2/c1-5(2)12(21)22-11(7(4)15)10(17)9(16)8(6(3)14)13(18,19)20/h1,3-4H2,2H3/b9-8-,11-10-. The molecule has 0 saturated heterocycles. The Hall–Kier alpha value is -2.32. The van der Waals surface area contributed by atoms with E-state index >= 15 is 0 Å². The van der Waals surface area contributed by atoms with Crippen molar-refractivity contribution in [3.05, 3.63) is 59.9 Å². The number of alkyl halides is 3. The van der Waals surface area contributed by atoms with Gasteiger partial charge in [0, 0.05) is 5.57 Å². The van der Waals surface area contributed by atoms with Crippen molar-refractivity contribution in [3.63, 3.8) is 0 Å². The molecule has 22 heavy (non-hydrogen) atoms. The SMILES string of the molecule is C=C(C)C(=O)O/C(C(=C)F)=C(F)/C(F)=C(\C(=C)F)C(F)(F)F. The number of esters is 1. The maximum atomic E-state index is 13.6. The van der Waals surface area contributed by atoms with Crippen LogP contribution in [0.2, 0.25) is 0 Å². The Morgan fingerprint density at radius 2 is 1.36 bits per heavy atom. The number of ether oxygens (including phenoxy) is 1. The van der Waals surface area contributed by atoms with E-state index in [9.17, 15) is 35.5 Å². The predicted octanol–water partition coefficient (Wildman–Crippen LogP) is 5.04. The summed E-state index contributed by atoms with van der Waals surface area (Å²) in [5.41, 5.74) is -3.10. The number of hydrogen-bond donors (Lipinski definition) is 0. The quantitative estimate of drug-likeness (QED) is 0.232. The van der Waals surface area contributed by atoms with E-state index in [1.807, 2.05) is 0 Å². The van der Waals surface area contributed by atoms with Gasteiger partial charge in [0.1, 0.15) is 11.4 Å². The summed E-state index contributed by atoms with van der Waals surface area (Å²) in [4.78, 5) is 11.1. The molecule has 0 radical (unpaired) electrons. The van der Waals surface area contributed by atoms with E-state index in [-0.39, 0.29) is 5.57 Å². The van der Waals surface area contributed by atoms with Crippen LogP contribution in [-0.2, 0) is 9.53 Å². The first-order valence-electron chi connectivity index (χ1n) is 5.25. The van der Waals surface area contributed by atoms with E-state index < -0.39 is 46.8 Å².